The van der Waals surface area contributed by atoms with Gasteiger partial charge in [0, 0.05) is 48.8 Å². The number of benzene rings is 1. The minimum atomic E-state index is 0.824. The highest BCUT2D eigenvalue weighted by molar-refractivity contribution is 5.99. The number of fused-ring (bicyclic) bond motifs is 1. The SMILES string of the molecule is CN1CCN(c2nccc3c(N)cccc23)CC1. The summed E-state index contributed by atoms with van der Waals surface area (Å²) in [5.74, 6) is 1.06. The van der Waals surface area contributed by atoms with Crippen LogP contribution >= 0.6 is 0 Å². The molecule has 94 valence electrons. The van der Waals surface area contributed by atoms with Crippen molar-refractivity contribution >= 4 is 22.3 Å². The molecule has 0 atom stereocenters. The first-order valence-electron chi connectivity index (χ1n) is 6.32. The Kier molecular flexibility index (Phi) is 2.80. The normalized spacial score (nSPS) is 17.3. The number of hydrogen-bond acceptors (Lipinski definition) is 4. The number of aromatic nitrogens is 1. The smallest absolute Gasteiger partial charge is 0.136 e. The van der Waals surface area contributed by atoms with E-state index >= 15 is 0 Å². The predicted molar refractivity (Wildman–Crippen MR) is 75.9 cm³/mol. The van der Waals surface area contributed by atoms with E-state index in [1.165, 1.54) is 0 Å². The number of nitrogen functional groups attached to an aromatic ring is 1. The van der Waals surface area contributed by atoms with Crippen molar-refractivity contribution in [1.82, 2.24) is 9.88 Å². The topological polar surface area (TPSA) is 45.4 Å². The molecule has 0 amide bonds. The van der Waals surface area contributed by atoms with E-state index in [1.54, 1.807) is 0 Å². The summed E-state index contributed by atoms with van der Waals surface area (Å²) in [4.78, 5) is 9.24. The van der Waals surface area contributed by atoms with Gasteiger partial charge >= 0.3 is 0 Å². The Morgan fingerprint density at radius 3 is 2.61 bits per heavy atom. The van der Waals surface area contributed by atoms with Crippen LogP contribution in [0.25, 0.3) is 10.8 Å². The van der Waals surface area contributed by atoms with Gasteiger partial charge in [0.15, 0.2) is 0 Å². The van der Waals surface area contributed by atoms with Crippen molar-refractivity contribution in [3.8, 4) is 0 Å². The van der Waals surface area contributed by atoms with Crippen LogP contribution in [-0.4, -0.2) is 43.1 Å². The molecule has 4 nitrogen and oxygen atoms in total. The summed E-state index contributed by atoms with van der Waals surface area (Å²) in [7, 11) is 2.16. The number of piperazine rings is 1. The fourth-order valence-electron chi connectivity index (χ4n) is 2.49. The lowest BCUT2D eigenvalue weighted by Gasteiger charge is -2.33. The molecular formula is C14H18N4. The number of nitrogens with zero attached hydrogens (tertiary/aromatic N) is 3. The van der Waals surface area contributed by atoms with Gasteiger partial charge in [-0.05, 0) is 19.2 Å². The van der Waals surface area contributed by atoms with Gasteiger partial charge in [-0.3, -0.25) is 0 Å². The molecule has 0 aliphatic carbocycles. The number of hydrogen-bond donors (Lipinski definition) is 1. The molecule has 1 saturated heterocycles. The van der Waals surface area contributed by atoms with Crippen LogP contribution in [0.15, 0.2) is 30.5 Å². The summed E-state index contributed by atoms with van der Waals surface area (Å²) in [6.45, 7) is 4.22. The molecular weight excluding hydrogens is 224 g/mol. The van der Waals surface area contributed by atoms with Gasteiger partial charge in [-0.2, -0.15) is 0 Å². The monoisotopic (exact) mass is 242 g/mol. The molecule has 2 heterocycles. The van der Waals surface area contributed by atoms with E-state index < -0.39 is 0 Å². The molecule has 0 unspecified atom stereocenters. The molecule has 1 aliphatic rings. The largest absolute Gasteiger partial charge is 0.398 e. The van der Waals surface area contributed by atoms with Crippen molar-refractivity contribution in [2.24, 2.45) is 0 Å². The lowest BCUT2D eigenvalue weighted by Crippen LogP contribution is -2.44. The lowest BCUT2D eigenvalue weighted by atomic mass is 10.1. The van der Waals surface area contributed by atoms with Crippen molar-refractivity contribution in [2.75, 3.05) is 43.9 Å². The van der Waals surface area contributed by atoms with E-state index in [4.69, 9.17) is 5.73 Å². The van der Waals surface area contributed by atoms with Crippen LogP contribution in [0, 0.1) is 0 Å². The quantitative estimate of drug-likeness (QED) is 0.771. The van der Waals surface area contributed by atoms with Crippen LogP contribution in [0.2, 0.25) is 0 Å². The molecule has 3 rings (SSSR count). The third kappa shape index (κ3) is 1.88. The molecule has 1 aliphatic heterocycles. The van der Waals surface area contributed by atoms with Gasteiger partial charge in [0.25, 0.3) is 0 Å². The summed E-state index contributed by atoms with van der Waals surface area (Å²) >= 11 is 0. The van der Waals surface area contributed by atoms with Gasteiger partial charge in [-0.1, -0.05) is 12.1 Å². The van der Waals surface area contributed by atoms with Gasteiger partial charge in [0.1, 0.15) is 5.82 Å². The summed E-state index contributed by atoms with van der Waals surface area (Å²) in [6, 6.07) is 8.03. The molecule has 1 aromatic heterocycles. The average Bonchev–Trinajstić information content (AvgIpc) is 2.40. The Morgan fingerprint density at radius 2 is 1.83 bits per heavy atom. The second kappa shape index (κ2) is 4.46. The van der Waals surface area contributed by atoms with E-state index in [0.717, 1.165) is 48.5 Å². The number of nitrogens with two attached hydrogens (primary N) is 1. The minimum absolute atomic E-state index is 0.824. The van der Waals surface area contributed by atoms with Crippen LogP contribution in [0.5, 0.6) is 0 Å². The zero-order valence-electron chi connectivity index (χ0n) is 10.6. The van der Waals surface area contributed by atoms with E-state index in [9.17, 15) is 0 Å². The fraction of sp³-hybridized carbons (Fsp3) is 0.357. The summed E-state index contributed by atoms with van der Waals surface area (Å²) < 4.78 is 0. The van der Waals surface area contributed by atoms with Gasteiger partial charge in [-0.25, -0.2) is 4.98 Å². The maximum atomic E-state index is 6.02. The molecule has 4 heteroatoms. The Hall–Kier alpha value is -1.81. The maximum absolute atomic E-state index is 6.02. The minimum Gasteiger partial charge on any atom is -0.398 e. The van der Waals surface area contributed by atoms with E-state index in [-0.39, 0.29) is 0 Å². The van der Waals surface area contributed by atoms with Crippen molar-refractivity contribution < 1.29 is 0 Å². The van der Waals surface area contributed by atoms with Gasteiger partial charge in [-0.15, -0.1) is 0 Å². The highest BCUT2D eigenvalue weighted by atomic mass is 15.3. The average molecular weight is 242 g/mol. The number of anilines is 2. The van der Waals surface area contributed by atoms with Crippen LogP contribution < -0.4 is 10.6 Å². The first-order chi connectivity index (χ1) is 8.75. The first-order valence-corrected chi connectivity index (χ1v) is 6.32. The molecule has 1 fully saturated rings. The standard InChI is InChI=1S/C14H18N4/c1-17-7-9-18(10-8-17)14-12-3-2-4-13(15)11(12)5-6-16-14/h2-6H,7-10,15H2,1H3. The zero-order chi connectivity index (χ0) is 12.5. The third-order valence-electron chi connectivity index (χ3n) is 3.62. The molecule has 0 saturated carbocycles. The lowest BCUT2D eigenvalue weighted by molar-refractivity contribution is 0.312. The first kappa shape index (κ1) is 11.3. The van der Waals surface area contributed by atoms with E-state index in [0.29, 0.717) is 0 Å². The zero-order valence-corrected chi connectivity index (χ0v) is 10.6. The van der Waals surface area contributed by atoms with E-state index in [2.05, 4.69) is 27.9 Å². The summed E-state index contributed by atoms with van der Waals surface area (Å²) in [6.07, 6.45) is 1.85. The Bertz CT molecular complexity index is 559. The third-order valence-corrected chi connectivity index (χ3v) is 3.62. The predicted octanol–water partition coefficient (Wildman–Crippen LogP) is 1.57. The summed E-state index contributed by atoms with van der Waals surface area (Å²) in [5.41, 5.74) is 6.85. The molecule has 18 heavy (non-hydrogen) atoms. The Morgan fingerprint density at radius 1 is 1.06 bits per heavy atom. The van der Waals surface area contributed by atoms with Crippen molar-refractivity contribution in [1.29, 1.82) is 0 Å². The van der Waals surface area contributed by atoms with Crippen LogP contribution in [-0.2, 0) is 0 Å². The number of likely N-dealkylation sites (N-methyl/N-ethyl adjacent to an activating group) is 1. The van der Waals surface area contributed by atoms with Crippen molar-refractivity contribution in [2.45, 2.75) is 0 Å². The van der Waals surface area contributed by atoms with Crippen molar-refractivity contribution in [3.63, 3.8) is 0 Å². The van der Waals surface area contributed by atoms with Gasteiger partial charge in [0.05, 0.1) is 0 Å². The van der Waals surface area contributed by atoms with E-state index in [1.807, 2.05) is 24.4 Å². The van der Waals surface area contributed by atoms with Crippen LogP contribution in [0.3, 0.4) is 0 Å². The molecule has 2 aromatic rings. The highest BCUT2D eigenvalue weighted by Crippen LogP contribution is 2.28. The van der Waals surface area contributed by atoms with Crippen LogP contribution in [0.1, 0.15) is 0 Å². The fourth-order valence-corrected chi connectivity index (χ4v) is 2.49. The molecule has 2 N–H and O–H groups in total. The number of pyridine rings is 1. The molecule has 0 spiro atoms. The van der Waals surface area contributed by atoms with Crippen LogP contribution in [0.4, 0.5) is 11.5 Å². The maximum Gasteiger partial charge on any atom is 0.136 e. The summed E-state index contributed by atoms with van der Waals surface area (Å²) in [5, 5.41) is 2.25. The second-order valence-electron chi connectivity index (χ2n) is 4.87. The second-order valence-corrected chi connectivity index (χ2v) is 4.87. The Labute approximate surface area is 107 Å². The molecule has 0 bridgehead atoms. The Balaban J connectivity index is 2.04. The number of rotatable bonds is 1. The van der Waals surface area contributed by atoms with Crippen molar-refractivity contribution in [3.05, 3.63) is 30.5 Å². The molecule has 0 radical (unpaired) electrons. The van der Waals surface area contributed by atoms with Gasteiger partial charge < -0.3 is 15.5 Å². The van der Waals surface area contributed by atoms with Gasteiger partial charge in [0.2, 0.25) is 0 Å². The highest BCUT2D eigenvalue weighted by Gasteiger charge is 2.17. The molecule has 1 aromatic carbocycles.